The first-order valence-corrected chi connectivity index (χ1v) is 12.2. The van der Waals surface area contributed by atoms with E-state index in [0.717, 1.165) is 5.56 Å². The van der Waals surface area contributed by atoms with Crippen LogP contribution in [-0.2, 0) is 20.6 Å². The maximum atomic E-state index is 12.5. The van der Waals surface area contributed by atoms with E-state index in [4.69, 9.17) is 14.9 Å². The number of hydrogen-bond donors (Lipinski definition) is 1. The van der Waals surface area contributed by atoms with Gasteiger partial charge in [-0.05, 0) is 30.1 Å². The quantitative estimate of drug-likeness (QED) is 0.644. The Bertz CT molecular complexity index is 614. The molecule has 0 aliphatic carbocycles. The number of rotatable bonds is 9. The molecule has 7 heteroatoms. The number of nitrogens with zero attached hydrogens (tertiary/aromatic N) is 1. The number of carbonyl (C=O) groups is 2. The van der Waals surface area contributed by atoms with Crippen LogP contribution in [0.2, 0.25) is 18.1 Å². The second kappa shape index (κ2) is 9.89. The van der Waals surface area contributed by atoms with Gasteiger partial charge in [-0.1, -0.05) is 51.1 Å². The monoisotopic (exact) mass is 394 g/mol. The van der Waals surface area contributed by atoms with Crippen molar-refractivity contribution in [2.75, 3.05) is 13.7 Å². The summed E-state index contributed by atoms with van der Waals surface area (Å²) in [6.07, 6.45) is 0.204. The summed E-state index contributed by atoms with van der Waals surface area (Å²) in [6, 6.07) is 9.24. The van der Waals surface area contributed by atoms with Crippen molar-refractivity contribution in [2.24, 2.45) is 5.73 Å². The molecule has 6 nitrogen and oxygen atoms in total. The van der Waals surface area contributed by atoms with Crippen LogP contribution < -0.4 is 5.73 Å². The van der Waals surface area contributed by atoms with Gasteiger partial charge in [0, 0.05) is 13.5 Å². The zero-order chi connectivity index (χ0) is 20.7. The molecule has 0 aromatic heterocycles. The van der Waals surface area contributed by atoms with E-state index in [1.807, 2.05) is 30.3 Å². The Balaban J connectivity index is 2.72. The van der Waals surface area contributed by atoms with Crippen LogP contribution in [0.25, 0.3) is 0 Å². The van der Waals surface area contributed by atoms with Gasteiger partial charge < -0.3 is 19.8 Å². The van der Waals surface area contributed by atoms with Crippen LogP contribution in [0, 0.1) is 0 Å². The first-order valence-electron chi connectivity index (χ1n) is 9.30. The molecule has 2 amide bonds. The van der Waals surface area contributed by atoms with Crippen LogP contribution in [0.4, 0.5) is 4.79 Å². The molecule has 1 aromatic rings. The molecule has 1 atom stereocenters. The van der Waals surface area contributed by atoms with E-state index in [0.29, 0.717) is 13.0 Å². The summed E-state index contributed by atoms with van der Waals surface area (Å²) in [5, 5.41) is 0.0631. The minimum absolute atomic E-state index is 0.0631. The molecule has 0 saturated heterocycles. The van der Waals surface area contributed by atoms with Crippen molar-refractivity contribution in [1.82, 2.24) is 4.90 Å². The van der Waals surface area contributed by atoms with Crippen LogP contribution in [-0.4, -0.2) is 44.9 Å². The third-order valence-corrected chi connectivity index (χ3v) is 9.71. The Morgan fingerprint density at radius 1 is 1.19 bits per heavy atom. The lowest BCUT2D eigenvalue weighted by Crippen LogP contribution is -2.47. The van der Waals surface area contributed by atoms with Crippen molar-refractivity contribution < 1.29 is 18.8 Å². The molecule has 0 aliphatic heterocycles. The maximum absolute atomic E-state index is 12.5. The second-order valence-electron chi connectivity index (χ2n) is 8.38. The zero-order valence-electron chi connectivity index (χ0n) is 17.5. The molecular weight excluding hydrogens is 360 g/mol. The molecular formula is C20H34N2O4Si. The fourth-order valence-corrected chi connectivity index (χ4v) is 3.23. The highest BCUT2D eigenvalue weighted by Crippen LogP contribution is 2.36. The highest BCUT2D eigenvalue weighted by Gasteiger charge is 2.38. The Morgan fingerprint density at radius 2 is 1.78 bits per heavy atom. The number of amides is 2. The predicted molar refractivity (Wildman–Crippen MR) is 110 cm³/mol. The van der Waals surface area contributed by atoms with Gasteiger partial charge in [-0.25, -0.2) is 4.79 Å². The maximum Gasteiger partial charge on any atom is 0.410 e. The number of primary amides is 1. The fourth-order valence-electron chi connectivity index (χ4n) is 2.19. The van der Waals surface area contributed by atoms with E-state index in [1.165, 1.54) is 4.90 Å². The number of likely N-dealkylation sites (N-methyl/N-ethyl adjacent to an activating group) is 1. The van der Waals surface area contributed by atoms with E-state index < -0.39 is 20.3 Å². The van der Waals surface area contributed by atoms with E-state index in [9.17, 15) is 9.59 Å². The molecule has 0 fully saturated rings. The molecule has 0 spiro atoms. The molecule has 0 heterocycles. The highest BCUT2D eigenvalue weighted by molar-refractivity contribution is 6.74. The number of ether oxygens (including phenoxy) is 1. The third-order valence-electron chi connectivity index (χ3n) is 5.21. The lowest BCUT2D eigenvalue weighted by Gasteiger charge is -2.38. The van der Waals surface area contributed by atoms with Crippen molar-refractivity contribution >= 4 is 20.3 Å². The standard InChI is InChI=1S/C20H34N2O4Si/c1-20(2,3)27(5,6)26-15-17(12-13-18(21)23)22(4)19(24)25-14-16-10-8-7-9-11-16/h7-11,17H,12-15H2,1-6H3,(H2,21,23). The topological polar surface area (TPSA) is 81.9 Å². The van der Waals surface area contributed by atoms with Gasteiger partial charge in [0.25, 0.3) is 0 Å². The lowest BCUT2D eigenvalue weighted by atomic mass is 10.1. The third kappa shape index (κ3) is 7.72. The largest absolute Gasteiger partial charge is 0.445 e. The van der Waals surface area contributed by atoms with Crippen LogP contribution >= 0.6 is 0 Å². The summed E-state index contributed by atoms with van der Waals surface area (Å²) in [5.74, 6) is -0.390. The Hall–Kier alpha value is -1.86. The van der Waals surface area contributed by atoms with E-state index in [1.54, 1.807) is 7.05 Å². The fraction of sp³-hybridized carbons (Fsp3) is 0.600. The predicted octanol–water partition coefficient (Wildman–Crippen LogP) is 3.91. The van der Waals surface area contributed by atoms with Crippen LogP contribution in [0.5, 0.6) is 0 Å². The minimum atomic E-state index is -1.97. The van der Waals surface area contributed by atoms with Crippen molar-refractivity contribution in [1.29, 1.82) is 0 Å². The Kier molecular flexibility index (Phi) is 8.49. The van der Waals surface area contributed by atoms with Crippen LogP contribution in [0.3, 0.4) is 0 Å². The molecule has 0 bridgehead atoms. The van der Waals surface area contributed by atoms with Gasteiger partial charge >= 0.3 is 6.09 Å². The molecule has 27 heavy (non-hydrogen) atoms. The summed E-state index contributed by atoms with van der Waals surface area (Å²) in [7, 11) is -0.296. The number of benzene rings is 1. The van der Waals surface area contributed by atoms with Gasteiger partial charge in [0.1, 0.15) is 6.61 Å². The molecule has 0 saturated carbocycles. The van der Waals surface area contributed by atoms with E-state index in [-0.39, 0.29) is 24.1 Å². The van der Waals surface area contributed by atoms with Crippen molar-refractivity contribution in [3.05, 3.63) is 35.9 Å². The molecule has 0 radical (unpaired) electrons. The summed E-state index contributed by atoms with van der Waals surface area (Å²) < 4.78 is 11.7. The van der Waals surface area contributed by atoms with E-state index >= 15 is 0 Å². The van der Waals surface area contributed by atoms with Crippen molar-refractivity contribution in [2.45, 2.75) is 64.4 Å². The summed E-state index contributed by atoms with van der Waals surface area (Å²) >= 11 is 0. The Morgan fingerprint density at radius 3 is 2.30 bits per heavy atom. The lowest BCUT2D eigenvalue weighted by molar-refractivity contribution is -0.118. The average molecular weight is 395 g/mol. The van der Waals surface area contributed by atoms with Crippen molar-refractivity contribution in [3.63, 3.8) is 0 Å². The average Bonchev–Trinajstić information content (AvgIpc) is 2.58. The van der Waals surface area contributed by atoms with Gasteiger partial charge in [0.15, 0.2) is 8.32 Å². The second-order valence-corrected chi connectivity index (χ2v) is 13.2. The van der Waals surface area contributed by atoms with Gasteiger partial charge in [0.2, 0.25) is 5.91 Å². The molecule has 1 unspecified atom stereocenters. The highest BCUT2D eigenvalue weighted by atomic mass is 28.4. The number of carbonyl (C=O) groups excluding carboxylic acids is 2. The van der Waals surface area contributed by atoms with Gasteiger partial charge in [-0.3, -0.25) is 4.79 Å². The summed E-state index contributed by atoms with van der Waals surface area (Å²) in [4.78, 5) is 25.2. The molecule has 2 N–H and O–H groups in total. The molecule has 0 aliphatic rings. The van der Waals surface area contributed by atoms with Crippen LogP contribution in [0.1, 0.15) is 39.2 Å². The summed E-state index contributed by atoms with van der Waals surface area (Å²) in [6.45, 7) is 11.4. The normalized spacial score (nSPS) is 13.1. The first kappa shape index (κ1) is 23.2. The van der Waals surface area contributed by atoms with Gasteiger partial charge in [-0.2, -0.15) is 0 Å². The minimum Gasteiger partial charge on any atom is -0.445 e. The first-order chi connectivity index (χ1) is 12.4. The molecule has 152 valence electrons. The summed E-state index contributed by atoms with van der Waals surface area (Å²) in [5.41, 5.74) is 6.22. The zero-order valence-corrected chi connectivity index (χ0v) is 18.5. The Labute approximate surface area is 164 Å². The van der Waals surface area contributed by atoms with Gasteiger partial charge in [0.05, 0.1) is 12.6 Å². The smallest absolute Gasteiger partial charge is 0.410 e. The number of nitrogens with two attached hydrogens (primary N) is 1. The van der Waals surface area contributed by atoms with E-state index in [2.05, 4.69) is 33.9 Å². The van der Waals surface area contributed by atoms with Crippen molar-refractivity contribution in [3.8, 4) is 0 Å². The molecule has 1 rings (SSSR count). The molecule has 1 aromatic carbocycles. The van der Waals surface area contributed by atoms with Crippen LogP contribution in [0.15, 0.2) is 30.3 Å². The number of hydrogen-bond acceptors (Lipinski definition) is 4. The van der Waals surface area contributed by atoms with Gasteiger partial charge in [-0.15, -0.1) is 0 Å². The SMILES string of the molecule is CN(C(=O)OCc1ccccc1)C(CCC(N)=O)CO[Si](C)(C)C(C)(C)C.